The SMILES string of the molecule is Nc1ncc(CN2CCNC(=O)C2)c2scc(-c3ccccc3)c12. The minimum atomic E-state index is 0.0806. The number of nitrogens with zero attached hydrogens (tertiary/aromatic N) is 2. The van der Waals surface area contributed by atoms with Gasteiger partial charge in [-0.2, -0.15) is 0 Å². The number of nitrogens with two attached hydrogens (primary N) is 1. The first-order valence-electron chi connectivity index (χ1n) is 7.91. The van der Waals surface area contributed by atoms with E-state index in [2.05, 4.69) is 32.7 Å². The maximum absolute atomic E-state index is 11.6. The summed E-state index contributed by atoms with van der Waals surface area (Å²) in [6.07, 6.45) is 1.84. The second-order valence-corrected chi connectivity index (χ2v) is 6.83. The van der Waals surface area contributed by atoms with Crippen molar-refractivity contribution in [1.29, 1.82) is 0 Å². The highest BCUT2D eigenvalue weighted by molar-refractivity contribution is 7.18. The molecule has 0 radical (unpaired) electrons. The summed E-state index contributed by atoms with van der Waals surface area (Å²) in [6.45, 7) is 2.70. The number of carbonyl (C=O) groups excluding carboxylic acids is 1. The van der Waals surface area contributed by atoms with Gasteiger partial charge in [0.25, 0.3) is 0 Å². The van der Waals surface area contributed by atoms with E-state index < -0.39 is 0 Å². The number of amides is 1. The first-order valence-corrected chi connectivity index (χ1v) is 8.79. The molecule has 1 aliphatic heterocycles. The lowest BCUT2D eigenvalue weighted by Crippen LogP contribution is -2.47. The van der Waals surface area contributed by atoms with E-state index in [1.54, 1.807) is 11.3 Å². The number of aromatic nitrogens is 1. The molecule has 0 saturated carbocycles. The lowest BCUT2D eigenvalue weighted by atomic mass is 10.0. The summed E-state index contributed by atoms with van der Waals surface area (Å²) >= 11 is 1.69. The van der Waals surface area contributed by atoms with Gasteiger partial charge in [0.15, 0.2) is 0 Å². The molecule has 4 rings (SSSR count). The molecule has 1 saturated heterocycles. The van der Waals surface area contributed by atoms with Crippen molar-refractivity contribution in [2.45, 2.75) is 6.54 Å². The summed E-state index contributed by atoms with van der Waals surface area (Å²) in [5.41, 5.74) is 9.58. The minimum absolute atomic E-state index is 0.0806. The summed E-state index contributed by atoms with van der Waals surface area (Å²) in [5, 5.41) is 6.02. The van der Waals surface area contributed by atoms with Crippen LogP contribution in [-0.2, 0) is 11.3 Å². The van der Waals surface area contributed by atoms with Crippen LogP contribution in [0.25, 0.3) is 21.2 Å². The maximum Gasteiger partial charge on any atom is 0.234 e. The maximum atomic E-state index is 11.6. The van der Waals surface area contributed by atoms with E-state index in [0.29, 0.717) is 25.5 Å². The van der Waals surface area contributed by atoms with Crippen LogP contribution in [0.4, 0.5) is 5.82 Å². The van der Waals surface area contributed by atoms with Gasteiger partial charge in [0, 0.05) is 47.0 Å². The molecular weight excluding hydrogens is 320 g/mol. The van der Waals surface area contributed by atoms with Crippen LogP contribution >= 0.6 is 11.3 Å². The Morgan fingerprint density at radius 3 is 2.92 bits per heavy atom. The number of nitrogens with one attached hydrogen (secondary N) is 1. The molecule has 2 aromatic heterocycles. The Labute approximate surface area is 144 Å². The number of nitrogen functional groups attached to an aromatic ring is 1. The summed E-state index contributed by atoms with van der Waals surface area (Å²) in [4.78, 5) is 18.1. The van der Waals surface area contributed by atoms with Crippen LogP contribution in [0.5, 0.6) is 0 Å². The van der Waals surface area contributed by atoms with Gasteiger partial charge in [-0.3, -0.25) is 9.69 Å². The van der Waals surface area contributed by atoms with Crippen LogP contribution in [0.2, 0.25) is 0 Å². The minimum Gasteiger partial charge on any atom is -0.383 e. The molecule has 0 atom stereocenters. The standard InChI is InChI=1S/C18H18N4OS/c19-18-16-14(12-4-2-1-3-5-12)11-24-17(16)13(8-21-18)9-22-7-6-20-15(23)10-22/h1-5,8,11H,6-7,9-10H2,(H2,19,21)(H,20,23). The third-order valence-corrected chi connectivity index (χ3v) is 5.35. The summed E-state index contributed by atoms with van der Waals surface area (Å²) in [5.74, 6) is 0.641. The fraction of sp³-hybridized carbons (Fsp3) is 0.222. The molecule has 6 heteroatoms. The molecule has 0 unspecified atom stereocenters. The number of fused-ring (bicyclic) bond motifs is 1. The zero-order valence-electron chi connectivity index (χ0n) is 13.2. The normalized spacial score (nSPS) is 15.6. The molecule has 0 bridgehead atoms. The molecule has 0 spiro atoms. The summed E-state index contributed by atoms with van der Waals surface area (Å²) in [7, 11) is 0. The highest BCUT2D eigenvalue weighted by Gasteiger charge is 2.19. The van der Waals surface area contributed by atoms with Gasteiger partial charge in [0.05, 0.1) is 6.54 Å². The van der Waals surface area contributed by atoms with Gasteiger partial charge < -0.3 is 11.1 Å². The number of hydrogen-bond donors (Lipinski definition) is 2. The lowest BCUT2D eigenvalue weighted by molar-refractivity contribution is -0.124. The quantitative estimate of drug-likeness (QED) is 0.770. The van der Waals surface area contributed by atoms with Crippen molar-refractivity contribution in [2.24, 2.45) is 0 Å². The van der Waals surface area contributed by atoms with E-state index in [-0.39, 0.29) is 5.91 Å². The zero-order chi connectivity index (χ0) is 16.5. The smallest absolute Gasteiger partial charge is 0.234 e. The number of pyridine rings is 1. The van der Waals surface area contributed by atoms with Gasteiger partial charge in [-0.1, -0.05) is 30.3 Å². The van der Waals surface area contributed by atoms with Crippen LogP contribution in [0.15, 0.2) is 41.9 Å². The predicted octanol–water partition coefficient (Wildman–Crippen LogP) is 2.48. The van der Waals surface area contributed by atoms with Crippen molar-refractivity contribution in [3.05, 3.63) is 47.5 Å². The van der Waals surface area contributed by atoms with Gasteiger partial charge in [0.2, 0.25) is 5.91 Å². The van der Waals surface area contributed by atoms with Crippen LogP contribution in [0.1, 0.15) is 5.56 Å². The predicted molar refractivity (Wildman–Crippen MR) is 97.8 cm³/mol. The van der Waals surface area contributed by atoms with Crippen molar-refractivity contribution in [3.63, 3.8) is 0 Å². The molecule has 3 heterocycles. The zero-order valence-corrected chi connectivity index (χ0v) is 14.0. The first-order chi connectivity index (χ1) is 11.7. The Hall–Kier alpha value is -2.44. The second kappa shape index (κ2) is 6.22. The molecule has 24 heavy (non-hydrogen) atoms. The van der Waals surface area contributed by atoms with Crippen LogP contribution in [0, 0.1) is 0 Å². The van der Waals surface area contributed by atoms with Crippen LogP contribution in [-0.4, -0.2) is 35.4 Å². The average molecular weight is 338 g/mol. The molecule has 3 aromatic rings. The van der Waals surface area contributed by atoms with Crippen molar-refractivity contribution in [1.82, 2.24) is 15.2 Å². The van der Waals surface area contributed by atoms with Crippen LogP contribution in [0.3, 0.4) is 0 Å². The van der Waals surface area contributed by atoms with Crippen molar-refractivity contribution in [2.75, 3.05) is 25.4 Å². The number of carbonyl (C=O) groups is 1. The number of piperazine rings is 1. The van der Waals surface area contributed by atoms with Crippen molar-refractivity contribution < 1.29 is 4.79 Å². The Morgan fingerprint density at radius 2 is 2.12 bits per heavy atom. The Bertz CT molecular complexity index is 891. The fourth-order valence-electron chi connectivity index (χ4n) is 3.13. The molecule has 122 valence electrons. The number of rotatable bonds is 3. The van der Waals surface area contributed by atoms with Gasteiger partial charge >= 0.3 is 0 Å². The third kappa shape index (κ3) is 2.74. The van der Waals surface area contributed by atoms with Gasteiger partial charge in [0.1, 0.15) is 5.82 Å². The van der Waals surface area contributed by atoms with E-state index in [1.165, 1.54) is 0 Å². The molecule has 1 aromatic carbocycles. The van der Waals surface area contributed by atoms with E-state index >= 15 is 0 Å². The highest BCUT2D eigenvalue weighted by atomic mass is 32.1. The number of thiophene rings is 1. The van der Waals surface area contributed by atoms with Gasteiger partial charge in [-0.25, -0.2) is 4.98 Å². The van der Waals surface area contributed by atoms with Crippen molar-refractivity contribution >= 4 is 33.1 Å². The van der Waals surface area contributed by atoms with E-state index in [9.17, 15) is 4.79 Å². The van der Waals surface area contributed by atoms with Crippen molar-refractivity contribution in [3.8, 4) is 11.1 Å². The van der Waals surface area contributed by atoms with Gasteiger partial charge in [-0.05, 0) is 10.9 Å². The lowest BCUT2D eigenvalue weighted by Gasteiger charge is -2.26. The van der Waals surface area contributed by atoms with Gasteiger partial charge in [-0.15, -0.1) is 11.3 Å². The largest absolute Gasteiger partial charge is 0.383 e. The fourth-order valence-corrected chi connectivity index (χ4v) is 4.22. The Morgan fingerprint density at radius 1 is 1.29 bits per heavy atom. The second-order valence-electron chi connectivity index (χ2n) is 5.95. The Kier molecular flexibility index (Phi) is 3.92. The molecule has 1 fully saturated rings. The monoisotopic (exact) mass is 338 g/mol. The molecule has 5 nitrogen and oxygen atoms in total. The van der Waals surface area contributed by atoms with E-state index in [4.69, 9.17) is 5.73 Å². The number of anilines is 1. The summed E-state index contributed by atoms with van der Waals surface area (Å²) < 4.78 is 1.16. The topological polar surface area (TPSA) is 71.2 Å². The molecule has 3 N–H and O–H groups in total. The third-order valence-electron chi connectivity index (χ3n) is 4.29. The van der Waals surface area contributed by atoms with E-state index in [0.717, 1.165) is 33.3 Å². The summed E-state index contributed by atoms with van der Waals surface area (Å²) in [6, 6.07) is 10.2. The Balaban J connectivity index is 1.74. The number of benzene rings is 1. The molecule has 1 amide bonds. The molecular formula is C18H18N4OS. The highest BCUT2D eigenvalue weighted by Crippen LogP contribution is 2.38. The average Bonchev–Trinajstić information content (AvgIpc) is 3.04. The number of hydrogen-bond acceptors (Lipinski definition) is 5. The molecule has 0 aliphatic carbocycles. The van der Waals surface area contributed by atoms with Crippen LogP contribution < -0.4 is 11.1 Å². The molecule has 1 aliphatic rings. The van der Waals surface area contributed by atoms with E-state index in [1.807, 2.05) is 24.4 Å². The first kappa shape index (κ1) is 15.1.